The van der Waals surface area contributed by atoms with Gasteiger partial charge in [-0.05, 0) is 30.5 Å². The molecular weight excluding hydrogens is 460 g/mol. The number of para-hydroxylation sites is 1. The Balaban J connectivity index is 1.45. The Morgan fingerprint density at radius 3 is 2.85 bits per heavy atom. The molecule has 170 valence electrons. The van der Waals surface area contributed by atoms with Gasteiger partial charge in [-0.3, -0.25) is 19.7 Å². The molecule has 1 aliphatic rings. The van der Waals surface area contributed by atoms with Gasteiger partial charge in [0.1, 0.15) is 0 Å². The van der Waals surface area contributed by atoms with Gasteiger partial charge in [-0.2, -0.15) is 4.99 Å². The zero-order chi connectivity index (χ0) is 23.4. The average molecular weight is 483 g/mol. The number of carbonyl (C=O) groups is 2. The van der Waals surface area contributed by atoms with E-state index in [1.54, 1.807) is 21.6 Å². The normalized spacial score (nSPS) is 13.7. The Labute approximate surface area is 198 Å². The van der Waals surface area contributed by atoms with Gasteiger partial charge in [0.2, 0.25) is 5.91 Å². The first-order chi connectivity index (χ1) is 16.0. The Hall–Kier alpha value is -3.24. The summed E-state index contributed by atoms with van der Waals surface area (Å²) in [6.07, 6.45) is 3.57. The van der Waals surface area contributed by atoms with Crippen LogP contribution in [0.1, 0.15) is 12.0 Å². The second kappa shape index (κ2) is 10.1. The predicted octanol–water partition coefficient (Wildman–Crippen LogP) is 3.94. The first-order valence-corrected chi connectivity index (χ1v) is 12.4. The van der Waals surface area contributed by atoms with Crippen LogP contribution in [0.3, 0.4) is 0 Å². The summed E-state index contributed by atoms with van der Waals surface area (Å²) in [7, 11) is 0. The lowest BCUT2D eigenvalue weighted by Crippen LogP contribution is -2.36. The number of aryl methyl sites for hydroxylation is 1. The summed E-state index contributed by atoms with van der Waals surface area (Å²) in [5, 5.41) is 11.1. The van der Waals surface area contributed by atoms with E-state index in [0.717, 1.165) is 24.0 Å². The fraction of sp³-hybridized carbons (Fsp3) is 0.261. The minimum absolute atomic E-state index is 0.0132. The second-order valence-corrected chi connectivity index (χ2v) is 9.46. The van der Waals surface area contributed by atoms with Crippen LogP contribution < -0.4 is 9.70 Å². The minimum Gasteiger partial charge on any atom is -0.312 e. The van der Waals surface area contributed by atoms with Crippen LogP contribution in [0.2, 0.25) is 0 Å². The van der Waals surface area contributed by atoms with Crippen LogP contribution in [-0.4, -0.2) is 39.4 Å². The van der Waals surface area contributed by atoms with Gasteiger partial charge in [0.25, 0.3) is 11.6 Å². The molecule has 0 bridgehead atoms. The summed E-state index contributed by atoms with van der Waals surface area (Å²) in [5.41, 5.74) is 2.87. The molecule has 10 heteroatoms. The summed E-state index contributed by atoms with van der Waals surface area (Å²) in [6, 6.07) is 12.5. The number of rotatable bonds is 7. The highest BCUT2D eigenvalue weighted by molar-refractivity contribution is 8.00. The zero-order valence-corrected chi connectivity index (χ0v) is 19.4. The molecule has 0 saturated carbocycles. The first-order valence-electron chi connectivity index (χ1n) is 10.4. The molecule has 0 unspecified atom stereocenters. The van der Waals surface area contributed by atoms with E-state index in [9.17, 15) is 19.7 Å². The van der Waals surface area contributed by atoms with Gasteiger partial charge >= 0.3 is 0 Å². The molecule has 1 aliphatic heterocycles. The maximum absolute atomic E-state index is 12.7. The summed E-state index contributed by atoms with van der Waals surface area (Å²) in [5.74, 6) is -0.105. The maximum Gasteiger partial charge on any atom is 0.270 e. The Morgan fingerprint density at radius 2 is 2.06 bits per heavy atom. The van der Waals surface area contributed by atoms with E-state index in [-0.39, 0.29) is 29.0 Å². The van der Waals surface area contributed by atoms with Crippen molar-refractivity contribution in [3.8, 4) is 0 Å². The number of carbonyl (C=O) groups excluding carboxylic acids is 2. The van der Waals surface area contributed by atoms with Crippen LogP contribution in [-0.2, 0) is 22.6 Å². The summed E-state index contributed by atoms with van der Waals surface area (Å²) in [6.45, 7) is 4.85. The van der Waals surface area contributed by atoms with Crippen molar-refractivity contribution in [2.75, 3.05) is 23.0 Å². The van der Waals surface area contributed by atoms with Crippen molar-refractivity contribution in [3.63, 3.8) is 0 Å². The topological polar surface area (TPSA) is 97.8 Å². The summed E-state index contributed by atoms with van der Waals surface area (Å²) in [4.78, 5) is 42.3. The number of nitrogens with zero attached hydrogens (tertiary/aromatic N) is 4. The monoisotopic (exact) mass is 482 g/mol. The number of benzene rings is 2. The standard InChI is InChI=1S/C23H22N4O4S2/c1-2-11-26-19-10-9-17(27(30)31)13-20(19)33-23(26)24-21(28)14-32-15-22(29)25-12-5-7-16-6-3-4-8-18(16)25/h2-4,6,8-10,13H,1,5,7,11-12,14-15H2. The molecule has 0 spiro atoms. The van der Waals surface area contributed by atoms with Gasteiger partial charge in [0.15, 0.2) is 4.80 Å². The zero-order valence-electron chi connectivity index (χ0n) is 17.8. The third-order valence-corrected chi connectivity index (χ3v) is 7.21. The highest BCUT2D eigenvalue weighted by Crippen LogP contribution is 2.27. The Morgan fingerprint density at radius 1 is 1.24 bits per heavy atom. The van der Waals surface area contributed by atoms with Gasteiger partial charge in [-0.1, -0.05) is 35.6 Å². The third-order valence-electron chi connectivity index (χ3n) is 5.27. The van der Waals surface area contributed by atoms with Crippen molar-refractivity contribution < 1.29 is 14.5 Å². The number of aromatic nitrogens is 1. The highest BCUT2D eigenvalue weighted by Gasteiger charge is 2.22. The number of anilines is 1. The number of thiazole rings is 1. The SMILES string of the molecule is C=CCn1c(=NC(=O)CSCC(=O)N2CCCc3ccccc32)sc2cc([N+](=O)[O-])ccc21. The van der Waals surface area contributed by atoms with E-state index in [2.05, 4.69) is 11.6 Å². The molecule has 2 amide bonds. The minimum atomic E-state index is -0.451. The molecule has 0 N–H and O–H groups in total. The van der Waals surface area contributed by atoms with E-state index >= 15 is 0 Å². The molecule has 0 saturated heterocycles. The number of nitro benzene ring substituents is 1. The maximum atomic E-state index is 12.7. The number of amides is 2. The lowest BCUT2D eigenvalue weighted by molar-refractivity contribution is -0.384. The number of allylic oxidation sites excluding steroid dienone is 1. The number of fused-ring (bicyclic) bond motifs is 2. The molecule has 0 atom stereocenters. The lowest BCUT2D eigenvalue weighted by Gasteiger charge is -2.29. The highest BCUT2D eigenvalue weighted by atomic mass is 32.2. The number of thioether (sulfide) groups is 1. The second-order valence-electron chi connectivity index (χ2n) is 7.47. The first kappa shape index (κ1) is 22.9. The largest absolute Gasteiger partial charge is 0.312 e. The van der Waals surface area contributed by atoms with E-state index in [0.29, 0.717) is 22.6 Å². The molecule has 4 rings (SSSR count). The number of non-ortho nitro benzene ring substituents is 1. The van der Waals surface area contributed by atoms with Crippen molar-refractivity contribution in [2.24, 2.45) is 4.99 Å². The molecule has 2 aromatic carbocycles. The van der Waals surface area contributed by atoms with E-state index in [1.165, 1.54) is 40.8 Å². The van der Waals surface area contributed by atoms with Crippen molar-refractivity contribution in [1.29, 1.82) is 0 Å². The predicted molar refractivity (Wildman–Crippen MR) is 132 cm³/mol. The number of nitro groups is 1. The van der Waals surface area contributed by atoms with Gasteiger partial charge in [-0.15, -0.1) is 18.3 Å². The van der Waals surface area contributed by atoms with Crippen LogP contribution in [0, 0.1) is 10.1 Å². The molecule has 0 aliphatic carbocycles. The van der Waals surface area contributed by atoms with Crippen molar-refractivity contribution in [1.82, 2.24) is 4.57 Å². The van der Waals surface area contributed by atoms with Crippen LogP contribution in [0.4, 0.5) is 11.4 Å². The van der Waals surface area contributed by atoms with Crippen LogP contribution >= 0.6 is 23.1 Å². The molecule has 2 heterocycles. The molecule has 0 radical (unpaired) electrons. The third kappa shape index (κ3) is 5.07. The van der Waals surface area contributed by atoms with Crippen molar-refractivity contribution >= 4 is 56.5 Å². The molecule has 1 aromatic heterocycles. The van der Waals surface area contributed by atoms with Gasteiger partial charge in [-0.25, -0.2) is 0 Å². The molecule has 33 heavy (non-hydrogen) atoms. The van der Waals surface area contributed by atoms with Crippen LogP contribution in [0.25, 0.3) is 10.2 Å². The quantitative estimate of drug-likeness (QED) is 0.289. The van der Waals surface area contributed by atoms with Crippen LogP contribution in [0.15, 0.2) is 60.1 Å². The van der Waals surface area contributed by atoms with E-state index < -0.39 is 4.92 Å². The number of hydrogen-bond acceptors (Lipinski definition) is 6. The van der Waals surface area contributed by atoms with Gasteiger partial charge in [0, 0.05) is 30.9 Å². The van der Waals surface area contributed by atoms with Crippen LogP contribution in [0.5, 0.6) is 0 Å². The van der Waals surface area contributed by atoms with Crippen molar-refractivity contribution in [3.05, 3.63) is 75.6 Å². The van der Waals surface area contributed by atoms with E-state index in [4.69, 9.17) is 0 Å². The molecule has 0 fully saturated rings. The fourth-order valence-electron chi connectivity index (χ4n) is 3.80. The lowest BCUT2D eigenvalue weighted by atomic mass is 10.0. The summed E-state index contributed by atoms with van der Waals surface area (Å²) >= 11 is 2.46. The molecule has 3 aromatic rings. The Bertz CT molecular complexity index is 1310. The van der Waals surface area contributed by atoms with E-state index in [1.807, 2.05) is 24.3 Å². The Kier molecular flexibility index (Phi) is 7.05. The van der Waals surface area contributed by atoms with Gasteiger partial charge < -0.3 is 9.47 Å². The fourth-order valence-corrected chi connectivity index (χ4v) is 5.56. The van der Waals surface area contributed by atoms with Crippen molar-refractivity contribution in [2.45, 2.75) is 19.4 Å². The smallest absolute Gasteiger partial charge is 0.270 e. The summed E-state index contributed by atoms with van der Waals surface area (Å²) < 4.78 is 2.47. The van der Waals surface area contributed by atoms with Gasteiger partial charge in [0.05, 0.1) is 26.6 Å². The molecular formula is C23H22N4O4S2. The number of hydrogen-bond donors (Lipinski definition) is 0. The average Bonchev–Trinajstić information content (AvgIpc) is 3.14. The molecule has 8 nitrogen and oxygen atoms in total.